The van der Waals surface area contributed by atoms with Crippen molar-refractivity contribution in [2.24, 2.45) is 0 Å². The number of alkyl halides is 3. The molecule has 3 aromatic rings. The Balaban J connectivity index is 1.72. The number of rotatable bonds is 7. The third kappa shape index (κ3) is 4.82. The number of ether oxygens (including phenoxy) is 1. The number of H-pyrrole nitrogens is 1. The van der Waals surface area contributed by atoms with Gasteiger partial charge < -0.3 is 9.72 Å². The van der Waals surface area contributed by atoms with Gasteiger partial charge >= 0.3 is 6.18 Å². The van der Waals surface area contributed by atoms with Crippen molar-refractivity contribution in [3.05, 3.63) is 90.5 Å². The Kier molecular flexibility index (Phi) is 5.68. The molecule has 0 aliphatic carbocycles. The predicted octanol–water partition coefficient (Wildman–Crippen LogP) is 5.75. The second-order valence-electron chi connectivity index (χ2n) is 6.23. The van der Waals surface area contributed by atoms with E-state index in [9.17, 15) is 18.0 Å². The Morgan fingerprint density at radius 2 is 1.90 bits per heavy atom. The molecule has 4 nitrogen and oxygen atoms in total. The van der Waals surface area contributed by atoms with Crippen LogP contribution in [-0.2, 0) is 11.3 Å². The fourth-order valence-corrected chi connectivity index (χ4v) is 2.66. The minimum Gasteiger partial charge on any atom is -0.486 e. The zero-order chi connectivity index (χ0) is 21.0. The van der Waals surface area contributed by atoms with Gasteiger partial charge in [-0.2, -0.15) is 13.2 Å². The summed E-state index contributed by atoms with van der Waals surface area (Å²) in [7, 11) is 0. The summed E-state index contributed by atoms with van der Waals surface area (Å²) in [6, 6.07) is 12.8. The number of allylic oxidation sites excluding steroid dienone is 3. The van der Waals surface area contributed by atoms with Gasteiger partial charge in [-0.3, -0.25) is 4.79 Å². The third-order valence-electron chi connectivity index (χ3n) is 4.16. The summed E-state index contributed by atoms with van der Waals surface area (Å²) >= 11 is 0. The Morgan fingerprint density at radius 3 is 2.62 bits per heavy atom. The molecule has 0 amide bonds. The molecule has 0 radical (unpaired) electrons. The van der Waals surface area contributed by atoms with Gasteiger partial charge in [0.1, 0.15) is 18.2 Å². The van der Waals surface area contributed by atoms with E-state index in [0.717, 1.165) is 35.1 Å². The van der Waals surface area contributed by atoms with Gasteiger partial charge in [-0.25, -0.2) is 4.98 Å². The van der Waals surface area contributed by atoms with Crippen LogP contribution in [0.25, 0.3) is 22.2 Å². The summed E-state index contributed by atoms with van der Waals surface area (Å²) in [5.41, 5.74) is 2.69. The highest BCUT2D eigenvalue weighted by molar-refractivity contribution is 5.90. The number of nitrogens with zero attached hydrogens (tertiary/aromatic N) is 1. The van der Waals surface area contributed by atoms with Crippen molar-refractivity contribution in [3.8, 4) is 11.1 Å². The topological polar surface area (TPSA) is 55.0 Å². The molecule has 0 saturated carbocycles. The van der Waals surface area contributed by atoms with E-state index >= 15 is 0 Å². The third-order valence-corrected chi connectivity index (χ3v) is 4.16. The smallest absolute Gasteiger partial charge is 0.415 e. The molecule has 2 aromatic carbocycles. The molecule has 3 rings (SSSR count). The van der Waals surface area contributed by atoms with Gasteiger partial charge in [0.25, 0.3) is 0 Å². The van der Waals surface area contributed by atoms with Gasteiger partial charge in [0.15, 0.2) is 6.29 Å². The zero-order valence-electron chi connectivity index (χ0n) is 15.3. The van der Waals surface area contributed by atoms with Crippen molar-refractivity contribution in [2.45, 2.75) is 12.8 Å². The molecule has 1 heterocycles. The van der Waals surface area contributed by atoms with Crippen molar-refractivity contribution in [1.29, 1.82) is 0 Å². The van der Waals surface area contributed by atoms with Gasteiger partial charge in [0.2, 0.25) is 0 Å². The SMILES string of the molecule is C=C(/C=C\C(=C)C(F)(F)F)OCc1nc2ccc(-c3ccccc3C=O)cc2[nH]1. The molecule has 1 N–H and O–H groups in total. The van der Waals surface area contributed by atoms with Gasteiger partial charge in [0, 0.05) is 11.1 Å². The Labute approximate surface area is 165 Å². The number of carbonyl (C=O) groups is 1. The van der Waals surface area contributed by atoms with Crippen LogP contribution in [0.1, 0.15) is 16.2 Å². The fraction of sp³-hybridized carbons (Fsp3) is 0.0909. The number of carbonyl (C=O) groups excluding carboxylic acids is 1. The summed E-state index contributed by atoms with van der Waals surface area (Å²) in [5.74, 6) is 0.543. The van der Waals surface area contributed by atoms with Gasteiger partial charge in [-0.15, -0.1) is 0 Å². The lowest BCUT2D eigenvalue weighted by Gasteiger charge is -2.06. The van der Waals surface area contributed by atoms with Crippen molar-refractivity contribution in [3.63, 3.8) is 0 Å². The van der Waals surface area contributed by atoms with E-state index < -0.39 is 11.7 Å². The average Bonchev–Trinajstić information content (AvgIpc) is 3.11. The maximum absolute atomic E-state index is 12.4. The normalized spacial score (nSPS) is 11.7. The molecule has 0 unspecified atom stereocenters. The number of aromatic amines is 1. The standard InChI is InChI=1S/C22H17F3N2O2/c1-14(22(23,24)25)7-8-15(2)29-13-21-26-19-10-9-16(11-20(19)27-21)18-6-4-3-5-17(18)12-28/h3-12H,1-2,13H2,(H,26,27)/b8-7-. The fourth-order valence-electron chi connectivity index (χ4n) is 2.66. The highest BCUT2D eigenvalue weighted by Crippen LogP contribution is 2.27. The number of hydrogen-bond acceptors (Lipinski definition) is 3. The summed E-state index contributed by atoms with van der Waals surface area (Å²) in [6.07, 6.45) is -1.78. The molecule has 0 atom stereocenters. The zero-order valence-corrected chi connectivity index (χ0v) is 15.3. The van der Waals surface area contributed by atoms with Gasteiger partial charge in [-0.05, 0) is 35.4 Å². The number of hydrogen-bond donors (Lipinski definition) is 1. The van der Waals surface area contributed by atoms with Crippen molar-refractivity contribution >= 4 is 17.3 Å². The number of aromatic nitrogens is 2. The number of nitrogens with one attached hydrogen (secondary N) is 1. The maximum Gasteiger partial charge on any atom is 0.415 e. The molecule has 7 heteroatoms. The Hall–Kier alpha value is -3.61. The van der Waals surface area contributed by atoms with Crippen LogP contribution in [-0.4, -0.2) is 22.4 Å². The first-order valence-electron chi connectivity index (χ1n) is 8.57. The monoisotopic (exact) mass is 398 g/mol. The molecule has 0 fully saturated rings. The molecule has 0 spiro atoms. The van der Waals surface area contributed by atoms with Crippen LogP contribution in [0.5, 0.6) is 0 Å². The quantitative estimate of drug-likeness (QED) is 0.313. The second-order valence-corrected chi connectivity index (χ2v) is 6.23. The van der Waals surface area contributed by atoms with Crippen LogP contribution in [0, 0.1) is 0 Å². The van der Waals surface area contributed by atoms with Crippen LogP contribution in [0.3, 0.4) is 0 Å². The minimum atomic E-state index is -4.49. The summed E-state index contributed by atoms with van der Waals surface area (Å²) in [6.45, 7) is 6.51. The van der Waals surface area contributed by atoms with E-state index in [2.05, 4.69) is 23.1 Å². The first-order valence-corrected chi connectivity index (χ1v) is 8.57. The van der Waals surface area contributed by atoms with E-state index in [-0.39, 0.29) is 12.4 Å². The molecule has 0 aliphatic rings. The van der Waals surface area contributed by atoms with E-state index in [1.54, 1.807) is 12.1 Å². The molecule has 0 aliphatic heterocycles. The van der Waals surface area contributed by atoms with Crippen molar-refractivity contribution in [1.82, 2.24) is 9.97 Å². The first-order chi connectivity index (χ1) is 13.8. The first kappa shape index (κ1) is 20.1. The van der Waals surface area contributed by atoms with Crippen molar-refractivity contribution in [2.75, 3.05) is 0 Å². The van der Waals surface area contributed by atoms with Gasteiger partial charge in [0.05, 0.1) is 11.0 Å². The lowest BCUT2D eigenvalue weighted by Crippen LogP contribution is -2.08. The molecule has 0 saturated heterocycles. The van der Waals surface area contributed by atoms with Crippen LogP contribution in [0.2, 0.25) is 0 Å². The Morgan fingerprint density at radius 1 is 1.14 bits per heavy atom. The largest absolute Gasteiger partial charge is 0.486 e. The molecule has 148 valence electrons. The van der Waals surface area contributed by atoms with Crippen molar-refractivity contribution < 1.29 is 22.7 Å². The molecular weight excluding hydrogens is 381 g/mol. The van der Waals surface area contributed by atoms with E-state index in [0.29, 0.717) is 16.9 Å². The highest BCUT2D eigenvalue weighted by Gasteiger charge is 2.29. The lowest BCUT2D eigenvalue weighted by molar-refractivity contribution is -0.0878. The second kappa shape index (κ2) is 8.18. The van der Waals surface area contributed by atoms with Crippen LogP contribution < -0.4 is 0 Å². The van der Waals surface area contributed by atoms with E-state index in [1.165, 1.54) is 0 Å². The molecule has 0 bridgehead atoms. The van der Waals surface area contributed by atoms with Gasteiger partial charge in [-0.1, -0.05) is 43.5 Å². The summed E-state index contributed by atoms with van der Waals surface area (Å²) in [5, 5.41) is 0. The van der Waals surface area contributed by atoms with E-state index in [1.807, 2.05) is 30.3 Å². The maximum atomic E-state index is 12.4. The number of benzene rings is 2. The molecular formula is C22H17F3N2O2. The molecule has 1 aromatic heterocycles. The number of fused-ring (bicyclic) bond motifs is 1. The predicted molar refractivity (Wildman–Crippen MR) is 105 cm³/mol. The Bertz CT molecular complexity index is 1110. The molecule has 29 heavy (non-hydrogen) atoms. The number of halogens is 3. The summed E-state index contributed by atoms with van der Waals surface area (Å²) in [4.78, 5) is 18.7. The number of aldehydes is 1. The van der Waals surface area contributed by atoms with Crippen LogP contribution in [0.4, 0.5) is 13.2 Å². The van der Waals surface area contributed by atoms with E-state index in [4.69, 9.17) is 4.74 Å². The highest BCUT2D eigenvalue weighted by atomic mass is 19.4. The average molecular weight is 398 g/mol. The number of imidazole rings is 1. The lowest BCUT2D eigenvalue weighted by atomic mass is 10.0. The minimum absolute atomic E-state index is 0.0105. The summed E-state index contributed by atoms with van der Waals surface area (Å²) < 4.78 is 42.6. The van der Waals surface area contributed by atoms with Crippen LogP contribution >= 0.6 is 0 Å². The van der Waals surface area contributed by atoms with Crippen LogP contribution in [0.15, 0.2) is 79.1 Å².